The van der Waals surface area contributed by atoms with Crippen molar-refractivity contribution in [3.8, 4) is 0 Å². The molecule has 4 aliphatic rings. The van der Waals surface area contributed by atoms with Crippen molar-refractivity contribution in [2.75, 3.05) is 58.3 Å². The number of esters is 1. The Morgan fingerprint density at radius 3 is 2.36 bits per heavy atom. The highest BCUT2D eigenvalue weighted by Crippen LogP contribution is 2.29. The summed E-state index contributed by atoms with van der Waals surface area (Å²) >= 11 is 0. The number of aromatic amines is 1. The van der Waals surface area contributed by atoms with Crippen LogP contribution in [-0.4, -0.2) is 120 Å². The maximum absolute atomic E-state index is 13.2. The van der Waals surface area contributed by atoms with Gasteiger partial charge >= 0.3 is 23.8 Å². The van der Waals surface area contributed by atoms with Crippen LogP contribution in [-0.2, 0) is 31.9 Å². The zero-order valence-electron chi connectivity index (χ0n) is 34.8. The molecule has 14 nitrogen and oxygen atoms in total. The van der Waals surface area contributed by atoms with Crippen LogP contribution in [0.15, 0.2) is 45.6 Å². The van der Waals surface area contributed by atoms with E-state index < -0.39 is 5.76 Å². The molecule has 0 spiro atoms. The second kappa shape index (κ2) is 20.2. The van der Waals surface area contributed by atoms with Gasteiger partial charge in [0.25, 0.3) is 0 Å². The number of hydrogen-bond donors (Lipinski definition) is 2. The Bertz CT molecular complexity index is 1930. The number of urea groups is 1. The highest BCUT2D eigenvalue weighted by molar-refractivity contribution is 5.91. The van der Waals surface area contributed by atoms with Crippen LogP contribution in [0.25, 0.3) is 11.1 Å². The Balaban J connectivity index is 0.000000220. The molecule has 14 heteroatoms. The van der Waals surface area contributed by atoms with Gasteiger partial charge in [0.2, 0.25) is 5.91 Å². The summed E-state index contributed by atoms with van der Waals surface area (Å²) < 4.78 is 15.6. The van der Waals surface area contributed by atoms with Gasteiger partial charge in [-0.15, -0.1) is 0 Å². The number of benzene rings is 2. The minimum absolute atomic E-state index is 0.0403. The molecule has 316 valence electrons. The van der Waals surface area contributed by atoms with E-state index in [0.29, 0.717) is 62.9 Å². The Kier molecular flexibility index (Phi) is 14.9. The molecule has 3 saturated heterocycles. The Labute approximate surface area is 341 Å². The highest BCUT2D eigenvalue weighted by Gasteiger charge is 2.38. The summed E-state index contributed by atoms with van der Waals surface area (Å²) in [5, 5.41) is 3.00. The van der Waals surface area contributed by atoms with Crippen molar-refractivity contribution in [2.45, 2.75) is 116 Å². The number of fused-ring (bicyclic) bond motifs is 2. The lowest BCUT2D eigenvalue weighted by Gasteiger charge is -2.39. The molecule has 0 radical (unpaired) electrons. The second-order valence-electron chi connectivity index (χ2n) is 16.3. The van der Waals surface area contributed by atoms with Crippen LogP contribution in [0, 0.1) is 12.8 Å². The van der Waals surface area contributed by atoms with Crippen molar-refractivity contribution in [1.82, 2.24) is 24.6 Å². The van der Waals surface area contributed by atoms with Crippen LogP contribution in [0.3, 0.4) is 0 Å². The van der Waals surface area contributed by atoms with Crippen molar-refractivity contribution in [3.05, 3.63) is 63.6 Å². The van der Waals surface area contributed by atoms with Crippen LogP contribution in [0.2, 0.25) is 0 Å². The molecule has 0 aliphatic carbocycles. The molecule has 2 aromatic carbocycles. The third kappa shape index (κ3) is 10.6. The number of piperidine rings is 2. The largest absolute Gasteiger partial charge is 0.465 e. The van der Waals surface area contributed by atoms with Crippen LogP contribution in [0.1, 0.15) is 94.7 Å². The molecular formula is C44H62N6O8. The van der Waals surface area contributed by atoms with Crippen LogP contribution in [0.5, 0.6) is 0 Å². The lowest BCUT2D eigenvalue weighted by molar-refractivity contribution is -0.151. The van der Waals surface area contributed by atoms with Gasteiger partial charge in [0.05, 0.1) is 19.2 Å². The normalized spacial score (nSPS) is 19.8. The molecule has 0 bridgehead atoms. The predicted molar refractivity (Wildman–Crippen MR) is 222 cm³/mol. The van der Waals surface area contributed by atoms with Gasteiger partial charge in [-0.1, -0.05) is 57.4 Å². The molecule has 4 aliphatic heterocycles. The van der Waals surface area contributed by atoms with E-state index in [0.717, 1.165) is 81.1 Å². The highest BCUT2D eigenvalue weighted by atomic mass is 16.5. The first-order valence-electron chi connectivity index (χ1n) is 21.4. The van der Waals surface area contributed by atoms with E-state index in [1.807, 2.05) is 54.0 Å². The van der Waals surface area contributed by atoms with Crippen molar-refractivity contribution >= 4 is 40.8 Å². The molecule has 0 saturated carbocycles. The molecule has 3 aromatic rings. The number of anilines is 1. The number of nitrogens with zero attached hydrogens (tertiary/aromatic N) is 4. The number of ether oxygens (including phenoxy) is 2. The molecule has 2 atom stereocenters. The zero-order valence-corrected chi connectivity index (χ0v) is 34.8. The standard InChI is InChI=1S/C28H41N3O5.C16H21N3O3/c1-4-5-6-7-15-35-27(33)23-9-8-12-31(23)22-10-13-30(14-11-22)26(32)20(3)17-21-16-19(2)25-24(18-21)36-28(34)29-25;1-22-16(21)18-9-7-13(8-10-18)19-11-6-12-4-2-3-5-14(12)17-15(19)20/h16,18,20,22-23H,4-15,17H2,1-3H3,(H,29,34);2-5,13H,6-11H2,1H3,(H,17,20)/t20-,23-;/m1./s1. The van der Waals surface area contributed by atoms with Crippen LogP contribution in [0.4, 0.5) is 15.3 Å². The number of amides is 4. The monoisotopic (exact) mass is 802 g/mol. The third-order valence-electron chi connectivity index (χ3n) is 12.3. The first-order chi connectivity index (χ1) is 28.1. The Hall–Kier alpha value is -4.85. The minimum atomic E-state index is -0.460. The summed E-state index contributed by atoms with van der Waals surface area (Å²) in [6, 6.07) is 12.1. The van der Waals surface area contributed by atoms with E-state index in [1.165, 1.54) is 25.5 Å². The third-order valence-corrected chi connectivity index (χ3v) is 12.3. The first kappa shape index (κ1) is 42.7. The van der Waals surface area contributed by atoms with Gasteiger partial charge in [-0.25, -0.2) is 14.4 Å². The van der Waals surface area contributed by atoms with Gasteiger partial charge in [0, 0.05) is 56.4 Å². The molecule has 7 rings (SSSR count). The number of carbonyl (C=O) groups is 4. The van der Waals surface area contributed by atoms with Crippen LogP contribution >= 0.6 is 0 Å². The van der Waals surface area contributed by atoms with Crippen molar-refractivity contribution in [2.24, 2.45) is 5.92 Å². The SMILES string of the molecule is CCCCCCOC(=O)[C@H]1CCCN1C1CCN(C(=O)[C@H](C)Cc2cc(C)c3[nH]c(=O)oc3c2)CC1.COC(=O)N1CCC(N2CCc3ccccc3NC2=O)CC1. The molecule has 4 amide bonds. The summed E-state index contributed by atoms with van der Waals surface area (Å²) in [4.78, 5) is 72.1. The van der Waals surface area contributed by atoms with E-state index in [9.17, 15) is 24.0 Å². The molecule has 5 heterocycles. The van der Waals surface area contributed by atoms with Gasteiger partial charge in [0.1, 0.15) is 6.04 Å². The van der Waals surface area contributed by atoms with Gasteiger partial charge in [-0.3, -0.25) is 19.5 Å². The maximum Gasteiger partial charge on any atom is 0.417 e. The number of unbranched alkanes of at least 4 members (excludes halogenated alkanes) is 3. The summed E-state index contributed by atoms with van der Waals surface area (Å²) in [6.45, 7) is 10.9. The predicted octanol–water partition coefficient (Wildman–Crippen LogP) is 6.49. The number of hydrogen-bond acceptors (Lipinski definition) is 9. The van der Waals surface area contributed by atoms with Crippen molar-refractivity contribution < 1.29 is 33.1 Å². The maximum atomic E-state index is 13.2. The fraction of sp³-hybridized carbons (Fsp3) is 0.614. The number of H-pyrrole nitrogens is 1. The lowest BCUT2D eigenvalue weighted by atomic mass is 9.96. The van der Waals surface area contributed by atoms with Gasteiger partial charge < -0.3 is 33.9 Å². The van der Waals surface area contributed by atoms with Crippen LogP contribution < -0.4 is 11.1 Å². The minimum Gasteiger partial charge on any atom is -0.465 e. The number of nitrogens with one attached hydrogen (secondary N) is 2. The number of methoxy groups -OCH3 is 1. The molecular weight excluding hydrogens is 741 g/mol. The topological polar surface area (TPSA) is 158 Å². The van der Waals surface area contributed by atoms with Gasteiger partial charge in [-0.05, 0) is 100 Å². The average Bonchev–Trinajstić information content (AvgIpc) is 3.84. The second-order valence-corrected chi connectivity index (χ2v) is 16.3. The molecule has 58 heavy (non-hydrogen) atoms. The summed E-state index contributed by atoms with van der Waals surface area (Å²) in [7, 11) is 1.40. The van der Waals surface area contributed by atoms with Gasteiger partial charge in [-0.2, -0.15) is 0 Å². The Morgan fingerprint density at radius 1 is 0.897 bits per heavy atom. The van der Waals surface area contributed by atoms with Crippen molar-refractivity contribution in [1.29, 1.82) is 0 Å². The number of carbonyl (C=O) groups excluding carboxylic acids is 4. The number of para-hydroxylation sites is 1. The number of likely N-dealkylation sites (tertiary alicyclic amines) is 3. The molecule has 1 aromatic heterocycles. The van der Waals surface area contributed by atoms with Crippen molar-refractivity contribution in [3.63, 3.8) is 0 Å². The molecule has 0 unspecified atom stereocenters. The number of aryl methyl sites for hydroxylation is 1. The number of aromatic nitrogens is 1. The summed E-state index contributed by atoms with van der Waals surface area (Å²) in [5.74, 6) is -0.531. The molecule has 3 fully saturated rings. The lowest BCUT2D eigenvalue weighted by Crippen LogP contribution is -2.51. The van der Waals surface area contributed by atoms with E-state index in [4.69, 9.17) is 13.9 Å². The smallest absolute Gasteiger partial charge is 0.417 e. The molecule has 2 N–H and O–H groups in total. The fourth-order valence-electron chi connectivity index (χ4n) is 9.09. The number of rotatable bonds is 11. The Morgan fingerprint density at radius 2 is 1.62 bits per heavy atom. The van der Waals surface area contributed by atoms with E-state index in [2.05, 4.69) is 28.2 Å². The number of oxazole rings is 1. The quantitative estimate of drug-likeness (QED) is 0.163. The van der Waals surface area contributed by atoms with E-state index >= 15 is 0 Å². The summed E-state index contributed by atoms with van der Waals surface area (Å²) in [5.41, 5.74) is 5.26. The zero-order chi connectivity index (χ0) is 41.2. The van der Waals surface area contributed by atoms with E-state index in [1.54, 1.807) is 4.90 Å². The average molecular weight is 803 g/mol. The van der Waals surface area contributed by atoms with Gasteiger partial charge in [0.15, 0.2) is 5.58 Å². The fourth-order valence-corrected chi connectivity index (χ4v) is 9.09. The first-order valence-corrected chi connectivity index (χ1v) is 21.4. The van der Waals surface area contributed by atoms with E-state index in [-0.39, 0.29) is 42.0 Å². The summed E-state index contributed by atoms with van der Waals surface area (Å²) in [6.07, 6.45) is 10.8.